The molecule has 0 aromatic heterocycles. The lowest BCUT2D eigenvalue weighted by Gasteiger charge is -2.09. The smallest absolute Gasteiger partial charge is 0.119 e. The van der Waals surface area contributed by atoms with Crippen molar-refractivity contribution in [3.8, 4) is 5.75 Å². The second-order valence-electron chi connectivity index (χ2n) is 3.61. The van der Waals surface area contributed by atoms with E-state index >= 15 is 0 Å². The largest absolute Gasteiger partial charge is 0.492 e. The molecule has 80 valence electrons. The van der Waals surface area contributed by atoms with E-state index in [1.54, 1.807) is 0 Å². The molecule has 0 spiro atoms. The van der Waals surface area contributed by atoms with Gasteiger partial charge in [-0.1, -0.05) is 6.07 Å². The molecule has 1 unspecified atom stereocenters. The quantitative estimate of drug-likeness (QED) is 0.841. The number of aryl methyl sites for hydroxylation is 2. The molecule has 1 atom stereocenters. The Bertz CT molecular complexity index is 266. The standard InChI is InChI=1S/C11H17NO.ClH/c1-8-4-9(2)6-11(5-8)13-7-10(3)12;/h4-6,10H,7,12H2,1-3H3;1H. The van der Waals surface area contributed by atoms with Crippen LogP contribution in [0.2, 0.25) is 0 Å². The molecule has 14 heavy (non-hydrogen) atoms. The second-order valence-corrected chi connectivity index (χ2v) is 3.61. The normalized spacial score (nSPS) is 11.7. The third-order valence-electron chi connectivity index (χ3n) is 1.71. The molecule has 0 aliphatic rings. The predicted molar refractivity (Wildman–Crippen MR) is 62.3 cm³/mol. The van der Waals surface area contributed by atoms with Crippen LogP contribution >= 0.6 is 12.4 Å². The maximum absolute atomic E-state index is 5.59. The summed E-state index contributed by atoms with van der Waals surface area (Å²) in [5.41, 5.74) is 8.04. The molecule has 1 aromatic rings. The van der Waals surface area contributed by atoms with E-state index in [1.165, 1.54) is 11.1 Å². The van der Waals surface area contributed by atoms with E-state index in [0.29, 0.717) is 6.61 Å². The van der Waals surface area contributed by atoms with Gasteiger partial charge in [-0.05, 0) is 44.0 Å². The van der Waals surface area contributed by atoms with Crippen molar-refractivity contribution in [1.82, 2.24) is 0 Å². The van der Waals surface area contributed by atoms with Crippen LogP contribution in [-0.2, 0) is 0 Å². The Morgan fingerprint density at radius 1 is 1.21 bits per heavy atom. The summed E-state index contributed by atoms with van der Waals surface area (Å²) in [7, 11) is 0. The zero-order valence-corrected chi connectivity index (χ0v) is 9.73. The van der Waals surface area contributed by atoms with E-state index in [0.717, 1.165) is 5.75 Å². The number of nitrogens with two attached hydrogens (primary N) is 1. The first-order valence-corrected chi connectivity index (χ1v) is 4.54. The topological polar surface area (TPSA) is 35.2 Å². The van der Waals surface area contributed by atoms with Crippen LogP contribution in [0.1, 0.15) is 18.1 Å². The van der Waals surface area contributed by atoms with Crippen LogP contribution in [0.5, 0.6) is 5.75 Å². The first-order valence-electron chi connectivity index (χ1n) is 4.54. The Morgan fingerprint density at radius 3 is 2.14 bits per heavy atom. The number of ether oxygens (including phenoxy) is 1. The lowest BCUT2D eigenvalue weighted by atomic mass is 10.1. The maximum atomic E-state index is 5.59. The van der Waals surface area contributed by atoms with E-state index in [1.807, 2.05) is 19.1 Å². The maximum Gasteiger partial charge on any atom is 0.119 e. The van der Waals surface area contributed by atoms with Gasteiger partial charge in [0.05, 0.1) is 0 Å². The first kappa shape index (κ1) is 13.3. The molecular formula is C11H18ClNO. The Hall–Kier alpha value is -0.730. The van der Waals surface area contributed by atoms with Crippen LogP contribution < -0.4 is 10.5 Å². The van der Waals surface area contributed by atoms with Crippen molar-refractivity contribution in [1.29, 1.82) is 0 Å². The van der Waals surface area contributed by atoms with Gasteiger partial charge in [0, 0.05) is 6.04 Å². The summed E-state index contributed by atoms with van der Waals surface area (Å²) < 4.78 is 5.50. The van der Waals surface area contributed by atoms with E-state index in [-0.39, 0.29) is 18.4 Å². The number of hydrogen-bond acceptors (Lipinski definition) is 2. The molecule has 0 saturated carbocycles. The van der Waals surface area contributed by atoms with E-state index in [9.17, 15) is 0 Å². The van der Waals surface area contributed by atoms with Gasteiger partial charge < -0.3 is 10.5 Å². The second kappa shape index (κ2) is 5.89. The minimum absolute atomic E-state index is 0. The van der Waals surface area contributed by atoms with E-state index < -0.39 is 0 Å². The van der Waals surface area contributed by atoms with Crippen LogP contribution in [0.4, 0.5) is 0 Å². The fourth-order valence-electron chi connectivity index (χ4n) is 1.24. The van der Waals surface area contributed by atoms with Gasteiger partial charge in [-0.25, -0.2) is 0 Å². The highest BCUT2D eigenvalue weighted by Crippen LogP contribution is 2.15. The highest BCUT2D eigenvalue weighted by atomic mass is 35.5. The predicted octanol–water partition coefficient (Wildman–Crippen LogP) is 2.45. The van der Waals surface area contributed by atoms with Gasteiger partial charge in [-0.2, -0.15) is 0 Å². The third-order valence-corrected chi connectivity index (χ3v) is 1.71. The number of benzene rings is 1. The van der Waals surface area contributed by atoms with Gasteiger partial charge in [0.2, 0.25) is 0 Å². The van der Waals surface area contributed by atoms with Crippen LogP contribution in [0.25, 0.3) is 0 Å². The van der Waals surface area contributed by atoms with Crippen molar-refractivity contribution in [2.45, 2.75) is 26.8 Å². The van der Waals surface area contributed by atoms with Crippen LogP contribution in [0.3, 0.4) is 0 Å². The first-order chi connectivity index (χ1) is 6.08. The molecule has 0 fully saturated rings. The highest BCUT2D eigenvalue weighted by molar-refractivity contribution is 5.85. The van der Waals surface area contributed by atoms with Gasteiger partial charge in [0.1, 0.15) is 12.4 Å². The summed E-state index contributed by atoms with van der Waals surface area (Å²) in [4.78, 5) is 0. The molecule has 2 N–H and O–H groups in total. The Balaban J connectivity index is 0.00000169. The molecule has 2 nitrogen and oxygen atoms in total. The van der Waals surface area contributed by atoms with E-state index in [2.05, 4.69) is 19.9 Å². The Kier molecular flexibility index (Phi) is 5.58. The molecular weight excluding hydrogens is 198 g/mol. The van der Waals surface area contributed by atoms with Crippen molar-refractivity contribution < 1.29 is 4.74 Å². The van der Waals surface area contributed by atoms with Crippen molar-refractivity contribution in [2.24, 2.45) is 5.73 Å². The van der Waals surface area contributed by atoms with Gasteiger partial charge in [0.15, 0.2) is 0 Å². The average Bonchev–Trinajstić information content (AvgIpc) is 1.99. The number of rotatable bonds is 3. The summed E-state index contributed by atoms with van der Waals surface area (Å²) in [6.07, 6.45) is 0. The fourth-order valence-corrected chi connectivity index (χ4v) is 1.24. The van der Waals surface area contributed by atoms with Gasteiger partial charge >= 0.3 is 0 Å². The fraction of sp³-hybridized carbons (Fsp3) is 0.455. The third kappa shape index (κ3) is 4.49. The molecule has 1 aromatic carbocycles. The van der Waals surface area contributed by atoms with Crippen LogP contribution in [-0.4, -0.2) is 12.6 Å². The average molecular weight is 216 g/mol. The molecule has 0 bridgehead atoms. The van der Waals surface area contributed by atoms with Crippen LogP contribution in [0, 0.1) is 13.8 Å². The van der Waals surface area contributed by atoms with Gasteiger partial charge in [-0.15, -0.1) is 12.4 Å². The monoisotopic (exact) mass is 215 g/mol. The lowest BCUT2D eigenvalue weighted by molar-refractivity contribution is 0.296. The molecule has 0 saturated heterocycles. The summed E-state index contributed by atoms with van der Waals surface area (Å²) in [6, 6.07) is 6.25. The van der Waals surface area contributed by atoms with Crippen molar-refractivity contribution in [2.75, 3.05) is 6.61 Å². The molecule has 0 amide bonds. The molecule has 0 radical (unpaired) electrons. The summed E-state index contributed by atoms with van der Waals surface area (Å²) in [5, 5.41) is 0. The van der Waals surface area contributed by atoms with Crippen molar-refractivity contribution in [3.63, 3.8) is 0 Å². The van der Waals surface area contributed by atoms with Crippen molar-refractivity contribution >= 4 is 12.4 Å². The van der Waals surface area contributed by atoms with Gasteiger partial charge in [-0.3, -0.25) is 0 Å². The Labute approximate surface area is 91.9 Å². The number of halogens is 1. The molecule has 0 aliphatic carbocycles. The summed E-state index contributed by atoms with van der Waals surface area (Å²) in [5.74, 6) is 0.912. The molecule has 0 heterocycles. The minimum atomic E-state index is 0. The number of hydrogen-bond donors (Lipinski definition) is 1. The zero-order chi connectivity index (χ0) is 9.84. The highest BCUT2D eigenvalue weighted by Gasteiger charge is 1.98. The molecule has 3 heteroatoms. The summed E-state index contributed by atoms with van der Waals surface area (Å²) >= 11 is 0. The van der Waals surface area contributed by atoms with E-state index in [4.69, 9.17) is 10.5 Å². The zero-order valence-electron chi connectivity index (χ0n) is 8.91. The Morgan fingerprint density at radius 2 is 1.71 bits per heavy atom. The van der Waals surface area contributed by atoms with Gasteiger partial charge in [0.25, 0.3) is 0 Å². The van der Waals surface area contributed by atoms with Crippen LogP contribution in [0.15, 0.2) is 18.2 Å². The summed E-state index contributed by atoms with van der Waals surface area (Å²) in [6.45, 7) is 6.63. The lowest BCUT2D eigenvalue weighted by Crippen LogP contribution is -2.23. The van der Waals surface area contributed by atoms with Crippen molar-refractivity contribution in [3.05, 3.63) is 29.3 Å². The molecule has 1 rings (SSSR count). The minimum Gasteiger partial charge on any atom is -0.492 e. The molecule has 0 aliphatic heterocycles. The SMILES string of the molecule is Cc1cc(C)cc(OCC(C)N)c1.Cl.